The van der Waals surface area contributed by atoms with E-state index in [2.05, 4.69) is 20.1 Å². The van der Waals surface area contributed by atoms with Gasteiger partial charge >= 0.3 is 0 Å². The highest BCUT2D eigenvalue weighted by atomic mass is 35.5. The minimum atomic E-state index is 0.535. The van der Waals surface area contributed by atoms with Gasteiger partial charge in [-0.15, -0.1) is 0 Å². The van der Waals surface area contributed by atoms with Gasteiger partial charge in [-0.25, -0.2) is 0 Å². The molecule has 0 unspecified atom stereocenters. The highest BCUT2D eigenvalue weighted by Gasteiger charge is 1.85. The van der Waals surface area contributed by atoms with E-state index in [1.807, 2.05) is 65.0 Å². The zero-order chi connectivity index (χ0) is 17.3. The van der Waals surface area contributed by atoms with E-state index in [1.165, 1.54) is 5.56 Å². The van der Waals surface area contributed by atoms with E-state index in [-0.39, 0.29) is 0 Å². The van der Waals surface area contributed by atoms with E-state index in [0.717, 1.165) is 11.3 Å². The minimum absolute atomic E-state index is 0.535. The zero-order valence-corrected chi connectivity index (χ0v) is 15.4. The molecule has 0 radical (unpaired) electrons. The van der Waals surface area contributed by atoms with E-state index in [9.17, 15) is 0 Å². The Morgan fingerprint density at radius 3 is 1.67 bits per heavy atom. The van der Waals surface area contributed by atoms with Crippen LogP contribution in [0, 0.1) is 6.92 Å². The molecule has 1 aromatic carbocycles. The monoisotopic (exact) mass is 310 g/mol. The molecular weight excluding hydrogens is 280 g/mol. The zero-order valence-electron chi connectivity index (χ0n) is 14.7. The lowest BCUT2D eigenvalue weighted by Crippen LogP contribution is -1.80. The van der Waals surface area contributed by atoms with Gasteiger partial charge in [0.05, 0.1) is 7.11 Å². The lowest BCUT2D eigenvalue weighted by molar-refractivity contribution is 0.414. The van der Waals surface area contributed by atoms with Crippen molar-refractivity contribution in [3.05, 3.63) is 65.7 Å². The Labute approximate surface area is 137 Å². The normalized spacial score (nSPS) is 8.19. The van der Waals surface area contributed by atoms with Gasteiger partial charge in [-0.05, 0) is 32.1 Å². The van der Waals surface area contributed by atoms with E-state index in [4.69, 9.17) is 16.3 Å². The van der Waals surface area contributed by atoms with Crippen LogP contribution in [-0.4, -0.2) is 7.11 Å². The van der Waals surface area contributed by atoms with E-state index in [1.54, 1.807) is 13.2 Å². The molecule has 0 amide bonds. The third-order valence-corrected chi connectivity index (χ3v) is 1.93. The molecule has 1 rings (SSSR count). The third kappa shape index (κ3) is 21.0. The molecule has 1 nitrogen and oxygen atoms in total. The minimum Gasteiger partial charge on any atom is -0.497 e. The average Bonchev–Trinajstić information content (AvgIpc) is 2.51. The van der Waals surface area contributed by atoms with Gasteiger partial charge in [0.25, 0.3) is 0 Å². The Bertz CT molecular complexity index is 373. The molecule has 0 aliphatic carbocycles. The first-order valence-electron chi connectivity index (χ1n) is 7.24. The quantitative estimate of drug-likeness (QED) is 0.550. The maximum Gasteiger partial charge on any atom is 0.118 e. The largest absolute Gasteiger partial charge is 0.497 e. The van der Waals surface area contributed by atoms with Crippen molar-refractivity contribution in [2.45, 2.75) is 41.5 Å². The molecule has 0 fully saturated rings. The summed E-state index contributed by atoms with van der Waals surface area (Å²) in [5.74, 6) is 0.917. The predicted octanol–water partition coefficient (Wildman–Crippen LogP) is 6.93. The maximum atomic E-state index is 5.40. The number of ether oxygens (including phenoxy) is 1. The summed E-state index contributed by atoms with van der Waals surface area (Å²) in [4.78, 5) is 0. The second-order valence-corrected chi connectivity index (χ2v) is 4.13. The number of aryl methyl sites for hydroxylation is 1. The highest BCUT2D eigenvalue weighted by Crippen LogP contribution is 2.09. The smallest absolute Gasteiger partial charge is 0.118 e. The Balaban J connectivity index is -0.000000251. The van der Waals surface area contributed by atoms with Crippen molar-refractivity contribution in [2.75, 3.05) is 7.11 Å². The SMILES string of the molecule is C=C(C)/C=C\C(=C)Cl.CC.CC.COc1ccc(C)cc1. The van der Waals surface area contributed by atoms with Crippen LogP contribution in [0.3, 0.4) is 0 Å². The Morgan fingerprint density at radius 2 is 1.43 bits per heavy atom. The van der Waals surface area contributed by atoms with E-state index < -0.39 is 0 Å². The molecule has 1 aromatic rings. The standard InChI is InChI=1S/C8H10O.C7H9Cl.2C2H6/c1-7-3-5-8(9-2)6-4-7;1-6(2)4-5-7(3)8;2*1-2/h3-6H,1-2H3;4-5H,1,3H2,2H3;2*1-2H3/b;5-4-;;. The van der Waals surface area contributed by atoms with Crippen LogP contribution < -0.4 is 4.74 Å². The van der Waals surface area contributed by atoms with E-state index >= 15 is 0 Å². The molecule has 0 spiro atoms. The van der Waals surface area contributed by atoms with Crippen molar-refractivity contribution in [2.24, 2.45) is 0 Å². The van der Waals surface area contributed by atoms with Crippen molar-refractivity contribution in [3.8, 4) is 5.75 Å². The van der Waals surface area contributed by atoms with Crippen LogP contribution in [0.1, 0.15) is 40.2 Å². The average molecular weight is 311 g/mol. The molecule has 2 heteroatoms. The van der Waals surface area contributed by atoms with Crippen LogP contribution in [0.15, 0.2) is 60.2 Å². The lowest BCUT2D eigenvalue weighted by Gasteiger charge is -1.97. The van der Waals surface area contributed by atoms with Crippen molar-refractivity contribution in [1.82, 2.24) is 0 Å². The summed E-state index contributed by atoms with van der Waals surface area (Å²) >= 11 is 5.40. The number of benzene rings is 1. The molecular formula is C19H31ClO. The van der Waals surface area contributed by atoms with Gasteiger partial charge in [-0.3, -0.25) is 0 Å². The van der Waals surface area contributed by atoms with Crippen LogP contribution in [0.25, 0.3) is 0 Å². The molecule has 0 bridgehead atoms. The topological polar surface area (TPSA) is 9.23 Å². The summed E-state index contributed by atoms with van der Waals surface area (Å²) < 4.78 is 4.97. The van der Waals surface area contributed by atoms with Crippen LogP contribution in [0.5, 0.6) is 5.75 Å². The number of methoxy groups -OCH3 is 1. The van der Waals surface area contributed by atoms with Gasteiger partial charge in [0.15, 0.2) is 0 Å². The molecule has 0 saturated carbocycles. The van der Waals surface area contributed by atoms with Gasteiger partial charge in [0, 0.05) is 5.03 Å². The fourth-order valence-corrected chi connectivity index (χ4v) is 0.970. The molecule has 0 saturated heterocycles. The van der Waals surface area contributed by atoms with Crippen LogP contribution in [0.2, 0.25) is 0 Å². The molecule has 0 aromatic heterocycles. The second kappa shape index (κ2) is 18.5. The summed E-state index contributed by atoms with van der Waals surface area (Å²) in [5, 5.41) is 0.535. The number of rotatable bonds is 3. The number of halogens is 1. The number of allylic oxidation sites excluding steroid dienone is 4. The van der Waals surface area contributed by atoms with Gasteiger partial charge in [0.1, 0.15) is 5.75 Å². The maximum absolute atomic E-state index is 5.40. The predicted molar refractivity (Wildman–Crippen MR) is 99.4 cm³/mol. The van der Waals surface area contributed by atoms with Crippen LogP contribution in [-0.2, 0) is 0 Å². The summed E-state index contributed by atoms with van der Waals surface area (Å²) in [6.45, 7) is 19.1. The van der Waals surface area contributed by atoms with Crippen molar-refractivity contribution in [3.63, 3.8) is 0 Å². The number of hydrogen-bond acceptors (Lipinski definition) is 1. The first-order chi connectivity index (χ1) is 9.95. The molecule has 0 heterocycles. The number of hydrogen-bond donors (Lipinski definition) is 0. The lowest BCUT2D eigenvalue weighted by atomic mass is 10.2. The van der Waals surface area contributed by atoms with E-state index in [0.29, 0.717) is 5.03 Å². The Morgan fingerprint density at radius 1 is 1.00 bits per heavy atom. The van der Waals surface area contributed by atoms with Crippen molar-refractivity contribution < 1.29 is 4.74 Å². The Hall–Kier alpha value is -1.47. The summed E-state index contributed by atoms with van der Waals surface area (Å²) in [7, 11) is 1.67. The van der Waals surface area contributed by atoms with Crippen molar-refractivity contribution in [1.29, 1.82) is 0 Å². The first-order valence-corrected chi connectivity index (χ1v) is 7.62. The fourth-order valence-electron chi connectivity index (χ4n) is 0.907. The highest BCUT2D eigenvalue weighted by molar-refractivity contribution is 6.30. The molecule has 0 atom stereocenters. The summed E-state index contributed by atoms with van der Waals surface area (Å²) in [5.41, 5.74) is 2.24. The third-order valence-electron chi connectivity index (χ3n) is 1.81. The molecule has 0 N–H and O–H groups in total. The molecule has 0 aliphatic rings. The van der Waals surface area contributed by atoms with Gasteiger partial charge in [-0.2, -0.15) is 0 Å². The molecule has 0 aliphatic heterocycles. The van der Waals surface area contributed by atoms with Gasteiger partial charge in [-0.1, -0.05) is 81.8 Å². The van der Waals surface area contributed by atoms with Gasteiger partial charge in [0.2, 0.25) is 0 Å². The molecule has 21 heavy (non-hydrogen) atoms. The summed E-state index contributed by atoms with van der Waals surface area (Å²) in [6, 6.07) is 7.96. The Kier molecular flexibility index (Phi) is 21.7. The summed E-state index contributed by atoms with van der Waals surface area (Å²) in [6.07, 6.45) is 3.53. The van der Waals surface area contributed by atoms with Gasteiger partial charge < -0.3 is 4.74 Å². The second-order valence-electron chi connectivity index (χ2n) is 3.64. The molecule has 120 valence electrons. The van der Waals surface area contributed by atoms with Crippen molar-refractivity contribution >= 4 is 11.6 Å². The van der Waals surface area contributed by atoms with Crippen LogP contribution in [0.4, 0.5) is 0 Å². The fraction of sp³-hybridized carbons (Fsp3) is 0.368. The first kappa shape index (κ1) is 24.5. The van der Waals surface area contributed by atoms with Crippen LogP contribution >= 0.6 is 11.6 Å².